The van der Waals surface area contributed by atoms with Crippen molar-refractivity contribution < 1.29 is 50.0 Å². The lowest BCUT2D eigenvalue weighted by atomic mass is 9.81. The van der Waals surface area contributed by atoms with E-state index in [1.54, 1.807) is 0 Å². The summed E-state index contributed by atoms with van der Waals surface area (Å²) in [5.74, 6) is -0.670. The zero-order valence-corrected chi connectivity index (χ0v) is 17.2. The third kappa shape index (κ3) is 6.30. The lowest BCUT2D eigenvalue weighted by Crippen LogP contribution is -2.60. The second kappa shape index (κ2) is 10.3. The number of ether oxygens (including phenoxy) is 3. The van der Waals surface area contributed by atoms with Gasteiger partial charge in [0.2, 0.25) is 0 Å². The summed E-state index contributed by atoms with van der Waals surface area (Å²) in [6.45, 7) is 5.73. The van der Waals surface area contributed by atoms with Crippen molar-refractivity contribution in [1.29, 1.82) is 0 Å². The van der Waals surface area contributed by atoms with Crippen LogP contribution in [0.4, 0.5) is 0 Å². The van der Waals surface area contributed by atoms with Crippen molar-refractivity contribution in [3.8, 4) is 0 Å². The predicted molar refractivity (Wildman–Crippen MR) is 99.7 cm³/mol. The molecule has 10 heteroatoms. The first kappa shape index (κ1) is 24.9. The molecule has 2 fully saturated rings. The Morgan fingerprint density at radius 1 is 0.828 bits per heavy atom. The van der Waals surface area contributed by atoms with E-state index >= 15 is 0 Å². The molecule has 0 radical (unpaired) electrons. The molecule has 0 aromatic carbocycles. The molecule has 29 heavy (non-hydrogen) atoms. The standard InChI is InChI=1S/C19H36O10/c1-19(2,3)4-5-27-18-17(26)16(25)14(23)11(29-18)8-28-10-6-9(7-20)12(21)15(24)13(10)22/h9-18,20-26H,4-8H2,1-3H3/t9-,10+,11-,12-,13-,14-,15+,16+,17+,18+/m1/s1. The van der Waals surface area contributed by atoms with Crippen LogP contribution >= 0.6 is 0 Å². The lowest BCUT2D eigenvalue weighted by molar-refractivity contribution is -0.307. The Hall–Kier alpha value is -0.400. The number of hydrogen-bond acceptors (Lipinski definition) is 10. The maximum absolute atomic E-state index is 10.2. The van der Waals surface area contributed by atoms with Gasteiger partial charge in [-0.3, -0.25) is 0 Å². The molecule has 1 saturated carbocycles. The normalized spacial score (nSPS) is 44.1. The van der Waals surface area contributed by atoms with Crippen LogP contribution in [0.1, 0.15) is 33.6 Å². The number of aliphatic hydroxyl groups is 7. The Morgan fingerprint density at radius 2 is 1.45 bits per heavy atom. The van der Waals surface area contributed by atoms with Crippen LogP contribution < -0.4 is 0 Å². The molecular formula is C19H36O10. The SMILES string of the molecule is CC(C)(C)CCO[C@H]1O[C@H](CO[C@H]2C[C@H](CO)[C@@H](O)[C@H](O)[C@@H]2O)[C@@H](O)[C@H](O)[C@@H]1O. The Bertz CT molecular complexity index is 496. The van der Waals surface area contributed by atoms with Gasteiger partial charge < -0.3 is 50.0 Å². The van der Waals surface area contributed by atoms with Gasteiger partial charge in [0, 0.05) is 12.5 Å². The summed E-state index contributed by atoms with van der Waals surface area (Å²) in [6.07, 6.45) is -10.9. The molecule has 172 valence electrons. The third-order valence-corrected chi connectivity index (χ3v) is 5.61. The minimum Gasteiger partial charge on any atom is -0.396 e. The van der Waals surface area contributed by atoms with E-state index in [4.69, 9.17) is 14.2 Å². The predicted octanol–water partition coefficient (Wildman–Crippen LogP) is -2.27. The van der Waals surface area contributed by atoms with Gasteiger partial charge in [-0.25, -0.2) is 0 Å². The van der Waals surface area contributed by atoms with Crippen molar-refractivity contribution >= 4 is 0 Å². The molecule has 0 bridgehead atoms. The second-order valence-corrected chi connectivity index (χ2v) is 9.22. The Kier molecular flexibility index (Phi) is 8.81. The van der Waals surface area contributed by atoms with Gasteiger partial charge in [-0.2, -0.15) is 0 Å². The molecule has 1 aliphatic heterocycles. The van der Waals surface area contributed by atoms with Gasteiger partial charge in [-0.15, -0.1) is 0 Å². The van der Waals surface area contributed by atoms with Gasteiger partial charge in [-0.05, 0) is 18.3 Å². The quantitative estimate of drug-likeness (QED) is 0.236. The monoisotopic (exact) mass is 424 g/mol. The first-order valence-corrected chi connectivity index (χ1v) is 10.0. The van der Waals surface area contributed by atoms with E-state index in [9.17, 15) is 35.7 Å². The maximum atomic E-state index is 10.2. The molecule has 0 spiro atoms. The number of aliphatic hydroxyl groups excluding tert-OH is 7. The molecule has 7 N–H and O–H groups in total. The largest absolute Gasteiger partial charge is 0.396 e. The number of rotatable bonds is 7. The van der Waals surface area contributed by atoms with E-state index in [0.717, 1.165) is 0 Å². The Labute approximate surface area is 170 Å². The second-order valence-electron chi connectivity index (χ2n) is 9.22. The molecule has 0 amide bonds. The lowest BCUT2D eigenvalue weighted by Gasteiger charge is -2.42. The van der Waals surface area contributed by atoms with Crippen molar-refractivity contribution in [1.82, 2.24) is 0 Å². The van der Waals surface area contributed by atoms with Crippen LogP contribution in [0.15, 0.2) is 0 Å². The summed E-state index contributed by atoms with van der Waals surface area (Å²) in [5.41, 5.74) is 0.00598. The van der Waals surface area contributed by atoms with Gasteiger partial charge in [0.05, 0.1) is 25.4 Å². The van der Waals surface area contributed by atoms with Crippen molar-refractivity contribution in [3.05, 3.63) is 0 Å². The summed E-state index contributed by atoms with van der Waals surface area (Å²) in [4.78, 5) is 0. The van der Waals surface area contributed by atoms with Crippen LogP contribution in [-0.2, 0) is 14.2 Å². The van der Waals surface area contributed by atoms with Crippen molar-refractivity contribution in [2.45, 2.75) is 88.7 Å². The third-order valence-electron chi connectivity index (χ3n) is 5.61. The highest BCUT2D eigenvalue weighted by Gasteiger charge is 2.46. The van der Waals surface area contributed by atoms with E-state index in [1.165, 1.54) is 0 Å². The van der Waals surface area contributed by atoms with Gasteiger partial charge in [0.25, 0.3) is 0 Å². The molecule has 2 aliphatic rings. The van der Waals surface area contributed by atoms with Crippen molar-refractivity contribution in [2.24, 2.45) is 11.3 Å². The zero-order valence-electron chi connectivity index (χ0n) is 17.2. The highest BCUT2D eigenvalue weighted by Crippen LogP contribution is 2.29. The average Bonchev–Trinajstić information content (AvgIpc) is 2.65. The summed E-state index contributed by atoms with van der Waals surface area (Å²) >= 11 is 0. The highest BCUT2D eigenvalue weighted by molar-refractivity contribution is 4.94. The van der Waals surface area contributed by atoms with Crippen LogP contribution in [0.3, 0.4) is 0 Å². The van der Waals surface area contributed by atoms with Gasteiger partial charge in [0.1, 0.15) is 36.6 Å². The Balaban J connectivity index is 1.94. The fourth-order valence-corrected chi connectivity index (χ4v) is 3.52. The highest BCUT2D eigenvalue weighted by atomic mass is 16.7. The van der Waals surface area contributed by atoms with E-state index < -0.39 is 61.0 Å². The smallest absolute Gasteiger partial charge is 0.186 e. The molecule has 2 rings (SSSR count). The first-order chi connectivity index (χ1) is 13.5. The van der Waals surface area contributed by atoms with Crippen LogP contribution in [0, 0.1) is 11.3 Å². The minimum absolute atomic E-state index is 0.00598. The molecular weight excluding hydrogens is 388 g/mol. The fraction of sp³-hybridized carbons (Fsp3) is 1.00. The van der Waals surface area contributed by atoms with Gasteiger partial charge >= 0.3 is 0 Å². The van der Waals surface area contributed by atoms with Crippen LogP contribution in [-0.4, -0.2) is 111 Å². The fourth-order valence-electron chi connectivity index (χ4n) is 3.52. The number of hydrogen-bond donors (Lipinski definition) is 7. The van der Waals surface area contributed by atoms with Crippen molar-refractivity contribution in [2.75, 3.05) is 19.8 Å². The summed E-state index contributed by atoms with van der Waals surface area (Å²) in [5, 5.41) is 69.7. The molecule has 10 nitrogen and oxygen atoms in total. The van der Waals surface area contributed by atoms with Crippen LogP contribution in [0.25, 0.3) is 0 Å². The zero-order chi connectivity index (χ0) is 21.9. The molecule has 1 heterocycles. The molecule has 1 saturated heterocycles. The Morgan fingerprint density at radius 3 is 2.03 bits per heavy atom. The van der Waals surface area contributed by atoms with E-state index in [0.29, 0.717) is 6.42 Å². The van der Waals surface area contributed by atoms with Crippen molar-refractivity contribution in [3.63, 3.8) is 0 Å². The topological polar surface area (TPSA) is 169 Å². The summed E-state index contributed by atoms with van der Waals surface area (Å²) in [6, 6.07) is 0. The van der Waals surface area contributed by atoms with E-state index in [-0.39, 0.29) is 31.7 Å². The summed E-state index contributed by atoms with van der Waals surface area (Å²) in [7, 11) is 0. The molecule has 0 aromatic rings. The maximum Gasteiger partial charge on any atom is 0.186 e. The minimum atomic E-state index is -1.51. The van der Waals surface area contributed by atoms with Crippen LogP contribution in [0.2, 0.25) is 0 Å². The van der Waals surface area contributed by atoms with Gasteiger partial charge in [0.15, 0.2) is 6.29 Å². The molecule has 10 atom stereocenters. The first-order valence-electron chi connectivity index (χ1n) is 10.0. The van der Waals surface area contributed by atoms with E-state index in [2.05, 4.69) is 0 Å². The molecule has 0 aromatic heterocycles. The molecule has 1 aliphatic carbocycles. The van der Waals surface area contributed by atoms with Crippen LogP contribution in [0.5, 0.6) is 0 Å². The average molecular weight is 424 g/mol. The molecule has 0 unspecified atom stereocenters. The summed E-state index contributed by atoms with van der Waals surface area (Å²) < 4.78 is 16.7. The van der Waals surface area contributed by atoms with Gasteiger partial charge in [-0.1, -0.05) is 20.8 Å². The van der Waals surface area contributed by atoms with E-state index in [1.807, 2.05) is 20.8 Å².